The first kappa shape index (κ1) is 15.7. The molecular weight excluding hydrogens is 266 g/mol. The second kappa shape index (κ2) is 6.69. The third kappa shape index (κ3) is 3.81. The predicted molar refractivity (Wildman–Crippen MR) is 70.6 cm³/mol. The number of carbonyl (C=O) groups excluding carboxylic acids is 1. The van der Waals surface area contributed by atoms with Crippen LogP contribution in [0.15, 0.2) is 12.3 Å². The maximum Gasteiger partial charge on any atom is 0.305 e. The summed E-state index contributed by atoms with van der Waals surface area (Å²) in [5.74, 6) is -1.42. The lowest BCUT2D eigenvalue weighted by atomic mass is 10.3. The Bertz CT molecular complexity index is 523. The van der Waals surface area contributed by atoms with Crippen molar-refractivity contribution in [1.29, 1.82) is 0 Å². The van der Waals surface area contributed by atoms with Crippen molar-refractivity contribution in [3.05, 3.63) is 28.1 Å². The topological polar surface area (TPSA) is 106 Å². The molecule has 1 amide bonds. The van der Waals surface area contributed by atoms with E-state index >= 15 is 0 Å². The summed E-state index contributed by atoms with van der Waals surface area (Å²) in [6.45, 7) is 2.44. The van der Waals surface area contributed by atoms with Crippen LogP contribution in [0.4, 0.5) is 5.69 Å². The van der Waals surface area contributed by atoms with E-state index in [1.807, 2.05) is 6.92 Å². The molecule has 8 heteroatoms. The van der Waals surface area contributed by atoms with E-state index in [9.17, 15) is 19.7 Å². The molecule has 0 radical (unpaired) electrons. The number of rotatable bonds is 7. The van der Waals surface area contributed by atoms with Crippen LogP contribution >= 0.6 is 0 Å². The van der Waals surface area contributed by atoms with Crippen LogP contribution in [-0.2, 0) is 11.3 Å². The van der Waals surface area contributed by atoms with Crippen LogP contribution in [0.1, 0.15) is 30.3 Å². The van der Waals surface area contributed by atoms with Gasteiger partial charge in [0, 0.05) is 26.2 Å². The van der Waals surface area contributed by atoms with Crippen LogP contribution in [0.25, 0.3) is 0 Å². The van der Waals surface area contributed by atoms with Crippen molar-refractivity contribution < 1.29 is 19.6 Å². The van der Waals surface area contributed by atoms with Crippen molar-refractivity contribution in [2.75, 3.05) is 13.6 Å². The Hall–Kier alpha value is -2.38. The van der Waals surface area contributed by atoms with Crippen molar-refractivity contribution in [3.8, 4) is 0 Å². The average Bonchev–Trinajstić information content (AvgIpc) is 2.79. The molecule has 0 bridgehead atoms. The summed E-state index contributed by atoms with van der Waals surface area (Å²) in [6, 6.07) is 1.22. The fraction of sp³-hybridized carbons (Fsp3) is 0.500. The zero-order chi connectivity index (χ0) is 15.3. The monoisotopic (exact) mass is 283 g/mol. The standard InChI is InChI=1S/C12H17N3O5/c1-3-5-14-8-9(15(19)20)7-10(14)12(18)13(2)6-4-11(16)17/h7-8H,3-6H2,1-2H3,(H,16,17). The molecular formula is C12H17N3O5. The molecule has 0 spiro atoms. The smallest absolute Gasteiger partial charge is 0.305 e. The second-order valence-electron chi connectivity index (χ2n) is 4.40. The number of hydrogen-bond donors (Lipinski definition) is 1. The van der Waals surface area contributed by atoms with Crippen LogP contribution < -0.4 is 0 Å². The summed E-state index contributed by atoms with van der Waals surface area (Å²) in [5.41, 5.74) is 0.0554. The molecule has 1 aromatic rings. The maximum absolute atomic E-state index is 12.2. The number of carboxylic acid groups (broad SMARTS) is 1. The molecule has 1 aromatic heterocycles. The summed E-state index contributed by atoms with van der Waals surface area (Å²) in [5, 5.41) is 19.4. The van der Waals surface area contributed by atoms with Crippen LogP contribution in [-0.4, -0.2) is 45.0 Å². The quantitative estimate of drug-likeness (QED) is 0.600. The van der Waals surface area contributed by atoms with Crippen molar-refractivity contribution in [1.82, 2.24) is 9.47 Å². The Morgan fingerprint density at radius 2 is 2.15 bits per heavy atom. The van der Waals surface area contributed by atoms with Gasteiger partial charge in [-0.15, -0.1) is 0 Å². The Balaban J connectivity index is 2.95. The minimum atomic E-state index is -1.00. The summed E-state index contributed by atoms with van der Waals surface area (Å²) in [7, 11) is 1.47. The third-order valence-corrected chi connectivity index (χ3v) is 2.78. The number of nitro groups is 1. The van der Waals surface area contributed by atoms with Gasteiger partial charge in [-0.1, -0.05) is 6.92 Å². The molecule has 1 rings (SSSR count). The highest BCUT2D eigenvalue weighted by Gasteiger charge is 2.21. The van der Waals surface area contributed by atoms with Crippen molar-refractivity contribution in [3.63, 3.8) is 0 Å². The lowest BCUT2D eigenvalue weighted by molar-refractivity contribution is -0.384. The fourth-order valence-electron chi connectivity index (χ4n) is 1.76. The molecule has 0 unspecified atom stereocenters. The number of carbonyl (C=O) groups is 2. The normalized spacial score (nSPS) is 10.3. The van der Waals surface area contributed by atoms with Crippen LogP contribution in [0.2, 0.25) is 0 Å². The van der Waals surface area contributed by atoms with Crippen molar-refractivity contribution >= 4 is 17.6 Å². The van der Waals surface area contributed by atoms with E-state index in [1.54, 1.807) is 0 Å². The molecule has 0 aliphatic heterocycles. The molecule has 8 nitrogen and oxygen atoms in total. The summed E-state index contributed by atoms with van der Waals surface area (Å²) >= 11 is 0. The van der Waals surface area contributed by atoms with Crippen LogP contribution in [0, 0.1) is 10.1 Å². The van der Waals surface area contributed by atoms with Gasteiger partial charge in [0.25, 0.3) is 11.6 Å². The maximum atomic E-state index is 12.2. The van der Waals surface area contributed by atoms with Crippen LogP contribution in [0.3, 0.4) is 0 Å². The number of aliphatic carboxylic acids is 1. The van der Waals surface area contributed by atoms with Gasteiger partial charge in [-0.3, -0.25) is 19.7 Å². The van der Waals surface area contributed by atoms with Gasteiger partial charge in [0.15, 0.2) is 0 Å². The summed E-state index contributed by atoms with van der Waals surface area (Å²) in [4.78, 5) is 34.1. The molecule has 1 N–H and O–H groups in total. The zero-order valence-electron chi connectivity index (χ0n) is 11.4. The van der Waals surface area contributed by atoms with E-state index in [0.29, 0.717) is 6.54 Å². The highest BCUT2D eigenvalue weighted by molar-refractivity contribution is 5.93. The van der Waals surface area contributed by atoms with E-state index in [1.165, 1.54) is 28.8 Å². The Morgan fingerprint density at radius 3 is 2.65 bits per heavy atom. The molecule has 0 aliphatic rings. The average molecular weight is 283 g/mol. The number of aromatic nitrogens is 1. The highest BCUT2D eigenvalue weighted by Crippen LogP contribution is 2.18. The fourth-order valence-corrected chi connectivity index (χ4v) is 1.76. The first-order chi connectivity index (χ1) is 9.36. The predicted octanol–water partition coefficient (Wildman–Crippen LogP) is 1.35. The minimum Gasteiger partial charge on any atom is -0.481 e. The number of aryl methyl sites for hydroxylation is 1. The van der Waals surface area contributed by atoms with Crippen molar-refractivity contribution in [2.45, 2.75) is 26.3 Å². The first-order valence-electron chi connectivity index (χ1n) is 6.18. The molecule has 0 aromatic carbocycles. The van der Waals surface area contributed by atoms with Gasteiger partial charge in [-0.25, -0.2) is 0 Å². The van der Waals surface area contributed by atoms with Gasteiger partial charge in [0.2, 0.25) is 0 Å². The molecule has 20 heavy (non-hydrogen) atoms. The Labute approximate surface area is 115 Å². The Kier molecular flexibility index (Phi) is 5.24. The van der Waals surface area contributed by atoms with E-state index in [-0.39, 0.29) is 24.3 Å². The van der Waals surface area contributed by atoms with Crippen LogP contribution in [0.5, 0.6) is 0 Å². The lowest BCUT2D eigenvalue weighted by Gasteiger charge is -2.17. The highest BCUT2D eigenvalue weighted by atomic mass is 16.6. The van der Waals surface area contributed by atoms with Gasteiger partial charge < -0.3 is 14.6 Å². The van der Waals surface area contributed by atoms with Crippen molar-refractivity contribution in [2.24, 2.45) is 0 Å². The third-order valence-electron chi connectivity index (χ3n) is 2.78. The second-order valence-corrected chi connectivity index (χ2v) is 4.40. The molecule has 110 valence electrons. The summed E-state index contributed by atoms with van der Waals surface area (Å²) < 4.78 is 1.53. The largest absolute Gasteiger partial charge is 0.481 e. The molecule has 1 heterocycles. The van der Waals surface area contributed by atoms with E-state index in [4.69, 9.17) is 5.11 Å². The molecule has 0 saturated carbocycles. The first-order valence-corrected chi connectivity index (χ1v) is 6.18. The SMILES string of the molecule is CCCn1cc([N+](=O)[O-])cc1C(=O)N(C)CCC(=O)O. The van der Waals surface area contributed by atoms with E-state index < -0.39 is 16.8 Å². The molecule has 0 fully saturated rings. The molecule has 0 atom stereocenters. The number of hydrogen-bond acceptors (Lipinski definition) is 4. The summed E-state index contributed by atoms with van der Waals surface area (Å²) in [6.07, 6.45) is 1.88. The molecule has 0 saturated heterocycles. The van der Waals surface area contributed by atoms with E-state index in [2.05, 4.69) is 0 Å². The zero-order valence-corrected chi connectivity index (χ0v) is 11.4. The van der Waals surface area contributed by atoms with Gasteiger partial charge in [-0.05, 0) is 6.42 Å². The van der Waals surface area contributed by atoms with Gasteiger partial charge >= 0.3 is 5.97 Å². The minimum absolute atomic E-state index is 0.0548. The Morgan fingerprint density at radius 1 is 1.50 bits per heavy atom. The number of nitrogens with zero attached hydrogens (tertiary/aromatic N) is 3. The van der Waals surface area contributed by atoms with E-state index in [0.717, 1.165) is 6.42 Å². The number of carboxylic acids is 1. The van der Waals surface area contributed by atoms with Gasteiger partial charge in [0.05, 0.1) is 17.5 Å². The van der Waals surface area contributed by atoms with Gasteiger partial charge in [0.1, 0.15) is 5.69 Å². The molecule has 0 aliphatic carbocycles. The lowest BCUT2D eigenvalue weighted by Crippen LogP contribution is -2.30. The van der Waals surface area contributed by atoms with Gasteiger partial charge in [-0.2, -0.15) is 0 Å². The number of amides is 1.